The number of aliphatic hydroxyl groups excluding tert-OH is 1. The van der Waals surface area contributed by atoms with Crippen molar-refractivity contribution >= 4 is 63.2 Å². The molecule has 2 N–H and O–H groups in total. The maximum absolute atomic E-state index is 13.2. The van der Waals surface area contributed by atoms with Crippen LogP contribution in [0.1, 0.15) is 22.7 Å². The average molecular weight is 526 g/mol. The minimum absolute atomic E-state index is 0.0273. The monoisotopic (exact) mass is 524 g/mol. The van der Waals surface area contributed by atoms with Gasteiger partial charge in [-0.2, -0.15) is 0 Å². The number of aromatic amines is 1. The van der Waals surface area contributed by atoms with Gasteiger partial charge in [0, 0.05) is 44.3 Å². The van der Waals surface area contributed by atoms with Crippen LogP contribution in [0.15, 0.2) is 78.5 Å². The van der Waals surface area contributed by atoms with Gasteiger partial charge in [-0.05, 0) is 60.0 Å². The fourth-order valence-electron chi connectivity index (χ4n) is 4.50. The van der Waals surface area contributed by atoms with Gasteiger partial charge in [0.15, 0.2) is 0 Å². The summed E-state index contributed by atoms with van der Waals surface area (Å²) in [6.45, 7) is 0.243. The third-order valence-electron chi connectivity index (χ3n) is 6.21. The van der Waals surface area contributed by atoms with E-state index in [1.807, 2.05) is 30.5 Å². The molecule has 0 saturated carbocycles. The number of aliphatic hydroxyl groups is 1. The number of carbonyl (C=O) groups excluding carboxylic acids is 2. The predicted molar refractivity (Wildman–Crippen MR) is 139 cm³/mol. The molecule has 176 valence electrons. The highest BCUT2D eigenvalue weighted by molar-refractivity contribution is 6.47. The lowest BCUT2D eigenvalue weighted by Gasteiger charge is -2.26. The van der Waals surface area contributed by atoms with Gasteiger partial charge < -0.3 is 15.0 Å². The molecule has 8 heteroatoms. The zero-order valence-corrected chi connectivity index (χ0v) is 20.5. The molecular weight excluding hydrogens is 507 g/mol. The van der Waals surface area contributed by atoms with Gasteiger partial charge in [0.05, 0.1) is 11.6 Å². The number of fused-ring (bicyclic) bond motifs is 1. The molecule has 0 bridgehead atoms. The van der Waals surface area contributed by atoms with Crippen molar-refractivity contribution in [2.24, 2.45) is 0 Å². The molecule has 0 aliphatic carbocycles. The summed E-state index contributed by atoms with van der Waals surface area (Å²) in [7, 11) is 0. The summed E-state index contributed by atoms with van der Waals surface area (Å²) in [6, 6.07) is 18.3. The molecule has 3 aromatic carbocycles. The van der Waals surface area contributed by atoms with Crippen molar-refractivity contribution in [2.75, 3.05) is 6.54 Å². The summed E-state index contributed by atoms with van der Waals surface area (Å²) < 4.78 is 0. The Morgan fingerprint density at radius 2 is 1.66 bits per heavy atom. The number of hydrogen-bond acceptors (Lipinski definition) is 3. The lowest BCUT2D eigenvalue weighted by molar-refractivity contribution is -0.139. The van der Waals surface area contributed by atoms with E-state index in [4.69, 9.17) is 34.8 Å². The number of aromatic nitrogens is 1. The van der Waals surface area contributed by atoms with Crippen molar-refractivity contribution in [3.05, 3.63) is 110 Å². The van der Waals surface area contributed by atoms with Gasteiger partial charge in [-0.3, -0.25) is 9.59 Å². The molecule has 0 spiro atoms. The van der Waals surface area contributed by atoms with Crippen LogP contribution >= 0.6 is 34.8 Å². The normalized spacial score (nSPS) is 17.5. The van der Waals surface area contributed by atoms with Crippen LogP contribution in [0.4, 0.5) is 0 Å². The van der Waals surface area contributed by atoms with E-state index >= 15 is 0 Å². The number of benzene rings is 3. The minimum Gasteiger partial charge on any atom is -0.507 e. The molecular formula is C27H19Cl3N2O3. The van der Waals surface area contributed by atoms with Gasteiger partial charge in [0.2, 0.25) is 0 Å². The zero-order valence-electron chi connectivity index (χ0n) is 18.3. The third-order valence-corrected chi connectivity index (χ3v) is 7.03. The van der Waals surface area contributed by atoms with Crippen molar-refractivity contribution in [3.63, 3.8) is 0 Å². The number of halogens is 3. The average Bonchev–Trinajstić information content (AvgIpc) is 3.36. The van der Waals surface area contributed by atoms with Gasteiger partial charge in [-0.25, -0.2) is 0 Å². The summed E-state index contributed by atoms with van der Waals surface area (Å²) in [5.74, 6) is -1.76. The van der Waals surface area contributed by atoms with Gasteiger partial charge in [0.25, 0.3) is 11.7 Å². The first kappa shape index (κ1) is 23.5. The quantitative estimate of drug-likeness (QED) is 0.171. The van der Waals surface area contributed by atoms with Crippen LogP contribution in [-0.2, 0) is 16.0 Å². The van der Waals surface area contributed by atoms with Crippen LogP contribution < -0.4 is 0 Å². The van der Waals surface area contributed by atoms with Crippen LogP contribution in [0.25, 0.3) is 16.7 Å². The van der Waals surface area contributed by atoms with Gasteiger partial charge in [-0.1, -0.05) is 59.1 Å². The maximum atomic E-state index is 13.2. The standard InChI is InChI=1S/C27H19Cl3N2O3/c28-17-7-5-15(6-8-17)25(33)23-24(20-10-9-18(29)13-21(20)30)32(27(35)26(23)34)12-11-16-14-31-22-4-2-1-3-19(16)22/h1-10,13-14,24,31,33H,11-12H2. The van der Waals surface area contributed by atoms with E-state index in [1.165, 1.54) is 4.90 Å². The Labute approximate surface area is 216 Å². The van der Waals surface area contributed by atoms with E-state index in [2.05, 4.69) is 4.98 Å². The van der Waals surface area contributed by atoms with E-state index < -0.39 is 17.7 Å². The minimum atomic E-state index is -0.874. The molecule has 5 rings (SSSR count). The lowest BCUT2D eigenvalue weighted by atomic mass is 9.95. The molecule has 1 aliphatic rings. The molecule has 2 heterocycles. The summed E-state index contributed by atoms with van der Waals surface area (Å²) in [6.07, 6.45) is 2.40. The Hall–Kier alpha value is -3.25. The summed E-state index contributed by atoms with van der Waals surface area (Å²) in [5, 5.41) is 13.4. The smallest absolute Gasteiger partial charge is 0.295 e. The van der Waals surface area contributed by atoms with E-state index in [1.54, 1.807) is 42.5 Å². The summed E-state index contributed by atoms with van der Waals surface area (Å²) in [5.41, 5.74) is 2.86. The van der Waals surface area contributed by atoms with E-state index in [9.17, 15) is 14.7 Å². The Morgan fingerprint density at radius 1 is 0.943 bits per heavy atom. The molecule has 1 aromatic heterocycles. The van der Waals surface area contributed by atoms with Crippen molar-refractivity contribution in [1.82, 2.24) is 9.88 Å². The number of amides is 1. The van der Waals surface area contributed by atoms with Crippen molar-refractivity contribution in [3.8, 4) is 0 Å². The fourth-order valence-corrected chi connectivity index (χ4v) is 5.14. The van der Waals surface area contributed by atoms with Crippen molar-refractivity contribution < 1.29 is 14.7 Å². The molecule has 5 nitrogen and oxygen atoms in total. The van der Waals surface area contributed by atoms with Crippen LogP contribution in [0.5, 0.6) is 0 Å². The molecule has 1 aliphatic heterocycles. The van der Waals surface area contributed by atoms with Crippen LogP contribution in [0.3, 0.4) is 0 Å². The summed E-state index contributed by atoms with van der Waals surface area (Å²) in [4.78, 5) is 31.1. The van der Waals surface area contributed by atoms with Crippen LogP contribution in [0, 0.1) is 0 Å². The zero-order chi connectivity index (χ0) is 24.7. The molecule has 0 radical (unpaired) electrons. The first-order valence-corrected chi connectivity index (χ1v) is 12.0. The number of para-hydroxylation sites is 1. The number of carbonyl (C=O) groups is 2. The van der Waals surface area contributed by atoms with Crippen molar-refractivity contribution in [1.29, 1.82) is 0 Å². The number of nitrogens with zero attached hydrogens (tertiary/aromatic N) is 1. The molecule has 35 heavy (non-hydrogen) atoms. The Balaban J connectivity index is 1.59. The highest BCUT2D eigenvalue weighted by Crippen LogP contribution is 2.42. The predicted octanol–water partition coefficient (Wildman–Crippen LogP) is 6.79. The van der Waals surface area contributed by atoms with E-state index in [0.29, 0.717) is 32.6 Å². The molecule has 1 saturated heterocycles. The first-order valence-electron chi connectivity index (χ1n) is 10.9. The highest BCUT2D eigenvalue weighted by Gasteiger charge is 2.46. The second-order valence-electron chi connectivity index (χ2n) is 8.27. The fraction of sp³-hybridized carbons (Fsp3) is 0.111. The number of rotatable bonds is 5. The van der Waals surface area contributed by atoms with Gasteiger partial charge in [0.1, 0.15) is 5.76 Å². The van der Waals surface area contributed by atoms with Crippen molar-refractivity contribution in [2.45, 2.75) is 12.5 Å². The molecule has 4 aromatic rings. The Morgan fingerprint density at radius 3 is 2.40 bits per heavy atom. The summed E-state index contributed by atoms with van der Waals surface area (Å²) >= 11 is 18.6. The number of H-pyrrole nitrogens is 1. The topological polar surface area (TPSA) is 73.4 Å². The molecule has 1 atom stereocenters. The Kier molecular flexibility index (Phi) is 6.32. The Bertz CT molecular complexity index is 1490. The molecule has 1 fully saturated rings. The lowest BCUT2D eigenvalue weighted by Crippen LogP contribution is -2.31. The van der Waals surface area contributed by atoms with Gasteiger partial charge >= 0.3 is 0 Å². The first-order chi connectivity index (χ1) is 16.8. The van der Waals surface area contributed by atoms with E-state index in [0.717, 1.165) is 16.5 Å². The number of nitrogens with one attached hydrogen (secondary N) is 1. The SMILES string of the molecule is O=C1C(=O)N(CCc2c[nH]c3ccccc23)C(c2ccc(Cl)cc2Cl)C1=C(O)c1ccc(Cl)cc1. The van der Waals surface area contributed by atoms with Gasteiger partial charge in [-0.15, -0.1) is 0 Å². The second-order valence-corrected chi connectivity index (χ2v) is 9.55. The second kappa shape index (κ2) is 9.42. The molecule has 1 unspecified atom stereocenters. The number of ketones is 1. The molecule has 1 amide bonds. The largest absolute Gasteiger partial charge is 0.507 e. The van der Waals surface area contributed by atoms with Crippen LogP contribution in [0.2, 0.25) is 15.1 Å². The third kappa shape index (κ3) is 4.31. The number of Topliss-reactive ketones (excluding diaryl/α,β-unsaturated/α-hetero) is 1. The van der Waals surface area contributed by atoms with E-state index in [-0.39, 0.29) is 17.9 Å². The van der Waals surface area contributed by atoms with Crippen LogP contribution in [-0.4, -0.2) is 33.2 Å². The highest BCUT2D eigenvalue weighted by atomic mass is 35.5. The maximum Gasteiger partial charge on any atom is 0.295 e. The number of hydrogen-bond donors (Lipinski definition) is 2. The number of likely N-dealkylation sites (tertiary alicyclic amines) is 1.